The van der Waals surface area contributed by atoms with Gasteiger partial charge in [-0.3, -0.25) is 4.79 Å². The van der Waals surface area contributed by atoms with Crippen molar-refractivity contribution in [2.45, 2.75) is 37.4 Å². The third-order valence-corrected chi connectivity index (χ3v) is 4.83. The van der Waals surface area contributed by atoms with Crippen molar-refractivity contribution in [3.63, 3.8) is 0 Å². The Morgan fingerprint density at radius 2 is 2.14 bits per heavy atom. The molecule has 2 fully saturated rings. The van der Waals surface area contributed by atoms with Gasteiger partial charge < -0.3 is 10.2 Å². The molecule has 2 heterocycles. The van der Waals surface area contributed by atoms with Crippen molar-refractivity contribution in [3.8, 4) is 0 Å². The molecule has 1 aromatic carbocycles. The van der Waals surface area contributed by atoms with Gasteiger partial charge in [0, 0.05) is 30.2 Å². The number of amides is 1. The minimum Gasteiger partial charge on any atom is -0.337 e. The number of carbonyl (C=O) groups excluding carboxylic acids is 1. The molecule has 3 N–H and O–H groups in total. The van der Waals surface area contributed by atoms with E-state index in [1.54, 1.807) is 0 Å². The van der Waals surface area contributed by atoms with Gasteiger partial charge in [-0.1, -0.05) is 23.7 Å². The van der Waals surface area contributed by atoms with Crippen LogP contribution in [0.1, 0.15) is 30.9 Å². The summed E-state index contributed by atoms with van der Waals surface area (Å²) in [4.78, 5) is 14.8. The van der Waals surface area contributed by atoms with Crippen LogP contribution in [-0.2, 0) is 4.79 Å². The number of likely N-dealkylation sites (N-methyl/N-ethyl adjacent to an activating group) is 1. The summed E-state index contributed by atoms with van der Waals surface area (Å²) < 4.78 is 0. The summed E-state index contributed by atoms with van der Waals surface area (Å²) in [6, 6.07) is 8.11. The molecule has 2 saturated heterocycles. The van der Waals surface area contributed by atoms with E-state index in [2.05, 4.69) is 16.2 Å². The van der Waals surface area contributed by atoms with E-state index in [0.29, 0.717) is 6.04 Å². The third-order valence-electron chi connectivity index (χ3n) is 4.57. The molecule has 22 heavy (non-hydrogen) atoms. The van der Waals surface area contributed by atoms with Gasteiger partial charge in [-0.25, -0.2) is 10.9 Å². The van der Waals surface area contributed by atoms with Crippen molar-refractivity contribution < 1.29 is 4.79 Å². The van der Waals surface area contributed by atoms with Crippen LogP contribution in [0.3, 0.4) is 0 Å². The van der Waals surface area contributed by atoms with E-state index in [1.807, 2.05) is 36.2 Å². The lowest BCUT2D eigenvalue weighted by molar-refractivity contribution is -0.133. The van der Waals surface area contributed by atoms with E-state index < -0.39 is 0 Å². The average molecular weight is 323 g/mol. The van der Waals surface area contributed by atoms with Gasteiger partial charge in [0.1, 0.15) is 6.04 Å². The number of nitrogens with one attached hydrogen (secondary N) is 3. The van der Waals surface area contributed by atoms with Gasteiger partial charge in [0.05, 0.1) is 0 Å². The number of nitrogens with zero attached hydrogens (tertiary/aromatic N) is 1. The second-order valence-corrected chi connectivity index (χ2v) is 6.50. The largest absolute Gasteiger partial charge is 0.337 e. The number of carbonyl (C=O) groups is 1. The second-order valence-electron chi connectivity index (χ2n) is 6.07. The summed E-state index contributed by atoms with van der Waals surface area (Å²) >= 11 is 5.93. The molecule has 1 amide bonds. The number of hydrogen-bond acceptors (Lipinski definition) is 4. The van der Waals surface area contributed by atoms with E-state index in [1.165, 1.54) is 0 Å². The van der Waals surface area contributed by atoms with Crippen molar-refractivity contribution in [1.82, 2.24) is 21.1 Å². The molecule has 0 spiro atoms. The molecule has 120 valence electrons. The Labute approximate surface area is 136 Å². The molecule has 1 aromatic rings. The van der Waals surface area contributed by atoms with E-state index in [4.69, 9.17) is 11.6 Å². The molecule has 6 heteroatoms. The maximum atomic E-state index is 12.7. The van der Waals surface area contributed by atoms with Crippen LogP contribution in [0.2, 0.25) is 5.02 Å². The van der Waals surface area contributed by atoms with Crippen LogP contribution < -0.4 is 16.2 Å². The van der Waals surface area contributed by atoms with E-state index in [9.17, 15) is 4.79 Å². The van der Waals surface area contributed by atoms with E-state index >= 15 is 0 Å². The molecule has 0 bridgehead atoms. The molecule has 0 aliphatic carbocycles. The first kappa shape index (κ1) is 15.7. The Morgan fingerprint density at radius 1 is 1.36 bits per heavy atom. The SMILES string of the molecule is CNCC1CCCN1C(=O)C1CC(c2ccc(Cl)cc2)NN1. The zero-order valence-corrected chi connectivity index (χ0v) is 13.6. The molecular formula is C16H23ClN4O. The van der Waals surface area contributed by atoms with Crippen molar-refractivity contribution in [1.29, 1.82) is 0 Å². The van der Waals surface area contributed by atoms with Crippen LogP contribution in [-0.4, -0.2) is 43.0 Å². The van der Waals surface area contributed by atoms with Crippen molar-refractivity contribution >= 4 is 17.5 Å². The smallest absolute Gasteiger partial charge is 0.241 e. The molecule has 5 nitrogen and oxygen atoms in total. The maximum Gasteiger partial charge on any atom is 0.241 e. The zero-order chi connectivity index (χ0) is 15.5. The molecular weight excluding hydrogens is 300 g/mol. The van der Waals surface area contributed by atoms with Crippen LogP contribution in [0, 0.1) is 0 Å². The summed E-state index contributed by atoms with van der Waals surface area (Å²) in [6.45, 7) is 1.74. The van der Waals surface area contributed by atoms with Crippen molar-refractivity contribution in [2.24, 2.45) is 0 Å². The van der Waals surface area contributed by atoms with Crippen LogP contribution in [0.15, 0.2) is 24.3 Å². The minimum atomic E-state index is -0.155. The van der Waals surface area contributed by atoms with Crippen molar-refractivity contribution in [3.05, 3.63) is 34.9 Å². The lowest BCUT2D eigenvalue weighted by Gasteiger charge is -2.27. The third kappa shape index (κ3) is 3.27. The normalized spacial score (nSPS) is 28.3. The number of benzene rings is 1. The lowest BCUT2D eigenvalue weighted by Crippen LogP contribution is -2.49. The van der Waals surface area contributed by atoms with Crippen LogP contribution in [0.5, 0.6) is 0 Å². The molecule has 3 atom stereocenters. The zero-order valence-electron chi connectivity index (χ0n) is 12.8. The Balaban J connectivity index is 1.62. The first-order valence-electron chi connectivity index (χ1n) is 7.90. The predicted molar refractivity (Wildman–Crippen MR) is 87.5 cm³/mol. The summed E-state index contributed by atoms with van der Waals surface area (Å²) in [7, 11) is 1.94. The van der Waals surface area contributed by atoms with Gasteiger partial charge in [0.25, 0.3) is 0 Å². The molecule has 2 aliphatic rings. The van der Waals surface area contributed by atoms with E-state index in [-0.39, 0.29) is 18.0 Å². The minimum absolute atomic E-state index is 0.150. The fourth-order valence-corrected chi connectivity index (χ4v) is 3.53. The summed E-state index contributed by atoms with van der Waals surface area (Å²) in [6.07, 6.45) is 2.95. The predicted octanol–water partition coefficient (Wildman–Crippen LogP) is 1.46. The van der Waals surface area contributed by atoms with Gasteiger partial charge in [-0.15, -0.1) is 0 Å². The first-order chi connectivity index (χ1) is 10.7. The van der Waals surface area contributed by atoms with Crippen LogP contribution in [0.4, 0.5) is 0 Å². The summed E-state index contributed by atoms with van der Waals surface area (Å²) in [5, 5.41) is 3.91. The molecule has 0 aromatic heterocycles. The molecule has 0 saturated carbocycles. The summed E-state index contributed by atoms with van der Waals surface area (Å²) in [5.41, 5.74) is 7.56. The molecule has 0 radical (unpaired) electrons. The molecule has 3 unspecified atom stereocenters. The van der Waals surface area contributed by atoms with Crippen LogP contribution in [0.25, 0.3) is 0 Å². The molecule has 3 rings (SSSR count). The van der Waals surface area contributed by atoms with Gasteiger partial charge in [-0.05, 0) is 44.0 Å². The quantitative estimate of drug-likeness (QED) is 0.785. The monoisotopic (exact) mass is 322 g/mol. The maximum absolute atomic E-state index is 12.7. The second kappa shape index (κ2) is 6.96. The number of halogens is 1. The van der Waals surface area contributed by atoms with Gasteiger partial charge in [-0.2, -0.15) is 0 Å². The topological polar surface area (TPSA) is 56.4 Å². The average Bonchev–Trinajstić information content (AvgIpc) is 3.17. The van der Waals surface area contributed by atoms with Gasteiger partial charge in [0.2, 0.25) is 5.91 Å². The van der Waals surface area contributed by atoms with Gasteiger partial charge in [0.15, 0.2) is 0 Å². The number of hydrazine groups is 1. The Bertz CT molecular complexity index is 521. The highest BCUT2D eigenvalue weighted by Gasteiger charge is 2.36. The Hall–Kier alpha value is -1.14. The number of likely N-dealkylation sites (tertiary alicyclic amines) is 1. The first-order valence-corrected chi connectivity index (χ1v) is 8.28. The Morgan fingerprint density at radius 3 is 2.86 bits per heavy atom. The highest BCUT2D eigenvalue weighted by atomic mass is 35.5. The van der Waals surface area contributed by atoms with Crippen LogP contribution >= 0.6 is 11.6 Å². The number of hydrogen-bond donors (Lipinski definition) is 3. The standard InChI is InChI=1S/C16H23ClN4O/c1-18-10-13-3-2-8-21(13)16(22)15-9-14(19-20-15)11-4-6-12(17)7-5-11/h4-7,13-15,18-20H,2-3,8-10H2,1H3. The molecule has 2 aliphatic heterocycles. The fourth-order valence-electron chi connectivity index (χ4n) is 3.41. The van der Waals surface area contributed by atoms with Crippen molar-refractivity contribution in [2.75, 3.05) is 20.1 Å². The van der Waals surface area contributed by atoms with Gasteiger partial charge >= 0.3 is 0 Å². The fraction of sp³-hybridized carbons (Fsp3) is 0.562. The highest BCUT2D eigenvalue weighted by Crippen LogP contribution is 2.26. The highest BCUT2D eigenvalue weighted by molar-refractivity contribution is 6.30. The summed E-state index contributed by atoms with van der Waals surface area (Å²) in [5.74, 6) is 0.210. The van der Waals surface area contributed by atoms with E-state index in [0.717, 1.165) is 42.9 Å². The Kier molecular flexibility index (Phi) is 4.98. The number of rotatable bonds is 4. The lowest BCUT2D eigenvalue weighted by atomic mass is 10.0.